The number of methoxy groups -OCH3 is 1. The normalized spacial score (nSPS) is 12.7. The highest BCUT2D eigenvalue weighted by molar-refractivity contribution is 5.71. The van der Waals surface area contributed by atoms with Gasteiger partial charge in [-0.2, -0.15) is 5.10 Å². The minimum Gasteiger partial charge on any atom is -0.463 e. The highest BCUT2D eigenvalue weighted by Crippen LogP contribution is 2.15. The maximum atomic E-state index is 11.5. The molecule has 0 spiro atoms. The van der Waals surface area contributed by atoms with Gasteiger partial charge in [0.1, 0.15) is 18.5 Å². The lowest BCUT2D eigenvalue weighted by Gasteiger charge is -2.16. The SMILES string of the molecule is COC(CCc1ccc2c(N)ncnn12)COC(=O)C(C)C. The lowest BCUT2D eigenvalue weighted by molar-refractivity contribution is -0.151. The van der Waals surface area contributed by atoms with E-state index in [0.717, 1.165) is 24.1 Å². The number of carbonyl (C=O) groups is 1. The van der Waals surface area contributed by atoms with Gasteiger partial charge in [0.05, 0.1) is 12.0 Å². The fraction of sp³-hybridized carbons (Fsp3) is 0.533. The molecular formula is C15H22N4O3. The van der Waals surface area contributed by atoms with E-state index in [0.29, 0.717) is 5.82 Å². The number of aromatic nitrogens is 3. The van der Waals surface area contributed by atoms with Crippen LogP contribution in [0.1, 0.15) is 26.0 Å². The highest BCUT2D eigenvalue weighted by Gasteiger charge is 2.15. The van der Waals surface area contributed by atoms with Gasteiger partial charge in [0.2, 0.25) is 0 Å². The molecule has 0 aliphatic rings. The number of hydrogen-bond donors (Lipinski definition) is 1. The molecule has 0 saturated carbocycles. The molecule has 2 N–H and O–H groups in total. The predicted octanol–water partition coefficient (Wildman–Crippen LogP) is 1.46. The Balaban J connectivity index is 1.95. The average Bonchev–Trinajstić information content (AvgIpc) is 2.91. The van der Waals surface area contributed by atoms with Crippen LogP contribution in [0, 0.1) is 5.92 Å². The van der Waals surface area contributed by atoms with Crippen LogP contribution in [0.5, 0.6) is 0 Å². The van der Waals surface area contributed by atoms with Crippen molar-refractivity contribution in [2.45, 2.75) is 32.8 Å². The van der Waals surface area contributed by atoms with Crippen molar-refractivity contribution in [1.82, 2.24) is 14.6 Å². The molecular weight excluding hydrogens is 284 g/mol. The van der Waals surface area contributed by atoms with Crippen LogP contribution >= 0.6 is 0 Å². The van der Waals surface area contributed by atoms with E-state index < -0.39 is 0 Å². The van der Waals surface area contributed by atoms with Crippen molar-refractivity contribution < 1.29 is 14.3 Å². The quantitative estimate of drug-likeness (QED) is 0.779. The van der Waals surface area contributed by atoms with E-state index in [4.69, 9.17) is 15.2 Å². The zero-order valence-electron chi connectivity index (χ0n) is 13.2. The molecule has 0 aliphatic heterocycles. The van der Waals surface area contributed by atoms with Crippen LogP contribution in [-0.4, -0.2) is 40.4 Å². The topological polar surface area (TPSA) is 91.7 Å². The molecule has 2 aromatic heterocycles. The van der Waals surface area contributed by atoms with Gasteiger partial charge in [-0.1, -0.05) is 13.8 Å². The summed E-state index contributed by atoms with van der Waals surface area (Å²) in [6, 6.07) is 3.86. The second kappa shape index (κ2) is 7.22. The van der Waals surface area contributed by atoms with Gasteiger partial charge in [-0.25, -0.2) is 9.50 Å². The standard InChI is InChI=1S/C15H22N4O3/c1-10(2)15(20)22-8-12(21-3)6-4-11-5-7-13-14(16)17-9-18-19(11)13/h5,7,9-10,12H,4,6,8H2,1-3H3,(H2,16,17,18). The Labute approximate surface area is 129 Å². The minimum atomic E-state index is -0.212. The van der Waals surface area contributed by atoms with Gasteiger partial charge in [-0.15, -0.1) is 0 Å². The van der Waals surface area contributed by atoms with Gasteiger partial charge in [-0.3, -0.25) is 4.79 Å². The van der Waals surface area contributed by atoms with Crippen LogP contribution in [-0.2, 0) is 20.7 Å². The second-order valence-corrected chi connectivity index (χ2v) is 5.45. The number of esters is 1. The Bertz CT molecular complexity index is 639. The van der Waals surface area contributed by atoms with Gasteiger partial charge in [0.25, 0.3) is 0 Å². The number of aryl methyl sites for hydroxylation is 1. The molecule has 0 aliphatic carbocycles. The van der Waals surface area contributed by atoms with E-state index >= 15 is 0 Å². The molecule has 22 heavy (non-hydrogen) atoms. The van der Waals surface area contributed by atoms with Crippen LogP contribution in [0.25, 0.3) is 5.52 Å². The molecule has 0 bridgehead atoms. The lowest BCUT2D eigenvalue weighted by atomic mass is 10.1. The number of nitrogens with two attached hydrogens (primary N) is 1. The first-order valence-electron chi connectivity index (χ1n) is 7.29. The Morgan fingerprint density at radius 2 is 2.18 bits per heavy atom. The monoisotopic (exact) mass is 306 g/mol. The number of fused-ring (bicyclic) bond motifs is 1. The van der Waals surface area contributed by atoms with E-state index in [2.05, 4.69) is 10.1 Å². The minimum absolute atomic E-state index is 0.133. The van der Waals surface area contributed by atoms with E-state index in [9.17, 15) is 4.79 Å². The first-order chi connectivity index (χ1) is 10.5. The molecule has 0 fully saturated rings. The molecule has 2 aromatic rings. The van der Waals surface area contributed by atoms with Crippen LogP contribution in [0.3, 0.4) is 0 Å². The summed E-state index contributed by atoms with van der Waals surface area (Å²) in [7, 11) is 1.62. The largest absolute Gasteiger partial charge is 0.463 e. The Morgan fingerprint density at radius 3 is 2.86 bits per heavy atom. The van der Waals surface area contributed by atoms with Crippen molar-refractivity contribution in [2.75, 3.05) is 19.5 Å². The van der Waals surface area contributed by atoms with E-state index in [1.165, 1.54) is 6.33 Å². The van der Waals surface area contributed by atoms with Crippen LogP contribution in [0.4, 0.5) is 5.82 Å². The third-order valence-electron chi connectivity index (χ3n) is 3.50. The van der Waals surface area contributed by atoms with Crippen molar-refractivity contribution in [2.24, 2.45) is 5.92 Å². The number of anilines is 1. The number of nitrogen functional groups attached to an aromatic ring is 1. The van der Waals surface area contributed by atoms with Crippen LogP contribution in [0.2, 0.25) is 0 Å². The number of ether oxygens (including phenoxy) is 2. The number of hydrogen-bond acceptors (Lipinski definition) is 6. The van der Waals surface area contributed by atoms with Crippen molar-refractivity contribution >= 4 is 17.3 Å². The summed E-state index contributed by atoms with van der Waals surface area (Å²) in [6.07, 6.45) is 2.75. The molecule has 0 radical (unpaired) electrons. The fourth-order valence-electron chi connectivity index (χ4n) is 2.12. The summed E-state index contributed by atoms with van der Waals surface area (Å²) in [4.78, 5) is 15.5. The van der Waals surface area contributed by atoms with Gasteiger partial charge >= 0.3 is 5.97 Å². The van der Waals surface area contributed by atoms with E-state index in [-0.39, 0.29) is 24.6 Å². The fourth-order valence-corrected chi connectivity index (χ4v) is 2.12. The van der Waals surface area contributed by atoms with Gasteiger partial charge in [0.15, 0.2) is 5.82 Å². The lowest BCUT2D eigenvalue weighted by Crippen LogP contribution is -2.23. The highest BCUT2D eigenvalue weighted by atomic mass is 16.6. The first kappa shape index (κ1) is 16.2. The summed E-state index contributed by atoms with van der Waals surface area (Å²) in [5, 5.41) is 4.20. The molecule has 0 saturated heterocycles. The van der Waals surface area contributed by atoms with Crippen molar-refractivity contribution in [3.05, 3.63) is 24.2 Å². The Morgan fingerprint density at radius 1 is 1.41 bits per heavy atom. The number of carbonyl (C=O) groups excluding carboxylic acids is 1. The molecule has 7 nitrogen and oxygen atoms in total. The molecule has 2 rings (SSSR count). The maximum Gasteiger partial charge on any atom is 0.308 e. The van der Waals surface area contributed by atoms with Crippen molar-refractivity contribution in [3.8, 4) is 0 Å². The third-order valence-corrected chi connectivity index (χ3v) is 3.50. The van der Waals surface area contributed by atoms with E-state index in [1.807, 2.05) is 12.1 Å². The summed E-state index contributed by atoms with van der Waals surface area (Å²) >= 11 is 0. The zero-order chi connectivity index (χ0) is 16.1. The molecule has 1 unspecified atom stereocenters. The molecule has 1 atom stereocenters. The zero-order valence-corrected chi connectivity index (χ0v) is 13.2. The molecule has 2 heterocycles. The predicted molar refractivity (Wildman–Crippen MR) is 82.3 cm³/mol. The Hall–Kier alpha value is -2.15. The molecule has 120 valence electrons. The summed E-state index contributed by atoms with van der Waals surface area (Å²) in [5.74, 6) is 0.109. The van der Waals surface area contributed by atoms with Crippen LogP contribution in [0.15, 0.2) is 18.5 Å². The Kier molecular flexibility index (Phi) is 5.32. The first-order valence-corrected chi connectivity index (χ1v) is 7.29. The van der Waals surface area contributed by atoms with Gasteiger partial charge < -0.3 is 15.2 Å². The summed E-state index contributed by atoms with van der Waals surface area (Å²) in [6.45, 7) is 3.87. The van der Waals surface area contributed by atoms with Gasteiger partial charge in [-0.05, 0) is 25.0 Å². The third kappa shape index (κ3) is 3.73. The number of nitrogens with zero attached hydrogens (tertiary/aromatic N) is 3. The summed E-state index contributed by atoms with van der Waals surface area (Å²) in [5.41, 5.74) is 7.61. The van der Waals surface area contributed by atoms with Crippen molar-refractivity contribution in [1.29, 1.82) is 0 Å². The molecule has 0 aromatic carbocycles. The van der Waals surface area contributed by atoms with E-state index in [1.54, 1.807) is 25.5 Å². The average molecular weight is 306 g/mol. The maximum absolute atomic E-state index is 11.5. The molecule has 7 heteroatoms. The summed E-state index contributed by atoms with van der Waals surface area (Å²) < 4.78 is 12.4. The second-order valence-electron chi connectivity index (χ2n) is 5.45. The smallest absolute Gasteiger partial charge is 0.308 e. The van der Waals surface area contributed by atoms with Crippen LogP contribution < -0.4 is 5.73 Å². The van der Waals surface area contributed by atoms with Gasteiger partial charge in [0, 0.05) is 12.8 Å². The van der Waals surface area contributed by atoms with Crippen molar-refractivity contribution in [3.63, 3.8) is 0 Å². The molecule has 0 amide bonds. The number of rotatable bonds is 7.